The lowest BCUT2D eigenvalue weighted by Gasteiger charge is -2.31. The highest BCUT2D eigenvalue weighted by Gasteiger charge is 2.29. The highest BCUT2D eigenvalue weighted by Crippen LogP contribution is 2.34. The number of fused-ring (bicyclic) bond motifs is 1. The number of hydrogen-bond donors (Lipinski definition) is 1. The Morgan fingerprint density at radius 2 is 1.69 bits per heavy atom. The van der Waals surface area contributed by atoms with E-state index >= 15 is 0 Å². The van der Waals surface area contributed by atoms with Gasteiger partial charge in [0.05, 0.1) is 23.8 Å². The summed E-state index contributed by atoms with van der Waals surface area (Å²) in [5.41, 5.74) is 2.33. The number of hydrogen-bond acceptors (Lipinski definition) is 5. The molecule has 0 spiro atoms. The van der Waals surface area contributed by atoms with Crippen LogP contribution < -0.4 is 19.1 Å². The summed E-state index contributed by atoms with van der Waals surface area (Å²) in [5, 5.41) is 2.88. The molecular formula is C26H27FN2O5S. The third-order valence-electron chi connectivity index (χ3n) is 5.62. The first kappa shape index (κ1) is 24.5. The van der Waals surface area contributed by atoms with Gasteiger partial charge in [-0.3, -0.25) is 9.10 Å². The fraction of sp³-hybridized carbons (Fsp3) is 0.269. The molecule has 184 valence electrons. The standard InChI is InChI=1S/C26H27FN2O5S/c1-3-33-24-14-7-19(17-25(24)34-4-2)26(30)28-21-10-13-23-18(16-21)6-5-15-29(23)35(31,32)22-11-8-20(27)9-12-22/h7-14,16-17H,3-6,15H2,1-2H3,(H,28,30). The Hall–Kier alpha value is -3.59. The van der Waals surface area contributed by atoms with Crippen LogP contribution in [0.15, 0.2) is 65.6 Å². The van der Waals surface area contributed by atoms with E-state index in [1.54, 1.807) is 36.4 Å². The smallest absolute Gasteiger partial charge is 0.264 e. The summed E-state index contributed by atoms with van der Waals surface area (Å²) in [5.74, 6) is 0.251. The minimum atomic E-state index is -3.84. The zero-order valence-electron chi connectivity index (χ0n) is 19.6. The maximum Gasteiger partial charge on any atom is 0.264 e. The van der Waals surface area contributed by atoms with Crippen LogP contribution in [0.2, 0.25) is 0 Å². The SMILES string of the molecule is CCOc1ccc(C(=O)Nc2ccc3c(c2)CCCN3S(=O)(=O)c2ccc(F)cc2)cc1OCC. The van der Waals surface area contributed by atoms with Crippen molar-refractivity contribution in [3.63, 3.8) is 0 Å². The van der Waals surface area contributed by atoms with E-state index in [0.29, 0.717) is 61.0 Å². The molecule has 4 rings (SSSR count). The number of nitrogens with zero attached hydrogens (tertiary/aromatic N) is 1. The molecule has 3 aromatic carbocycles. The minimum Gasteiger partial charge on any atom is -0.490 e. The molecular weight excluding hydrogens is 471 g/mol. The van der Waals surface area contributed by atoms with Crippen LogP contribution in [0.5, 0.6) is 11.5 Å². The summed E-state index contributed by atoms with van der Waals surface area (Å²) < 4.78 is 52.1. The number of nitrogens with one attached hydrogen (secondary N) is 1. The van der Waals surface area contributed by atoms with Gasteiger partial charge < -0.3 is 14.8 Å². The molecule has 0 bridgehead atoms. The molecule has 0 aliphatic carbocycles. The Balaban J connectivity index is 1.56. The summed E-state index contributed by atoms with van der Waals surface area (Å²) in [4.78, 5) is 12.9. The van der Waals surface area contributed by atoms with Crippen molar-refractivity contribution >= 4 is 27.3 Å². The fourth-order valence-electron chi connectivity index (χ4n) is 4.02. The highest BCUT2D eigenvalue weighted by atomic mass is 32.2. The quantitative estimate of drug-likeness (QED) is 0.472. The van der Waals surface area contributed by atoms with Crippen molar-refractivity contribution in [3.05, 3.63) is 77.6 Å². The van der Waals surface area contributed by atoms with Gasteiger partial charge in [0, 0.05) is 17.8 Å². The third-order valence-corrected chi connectivity index (χ3v) is 7.45. The van der Waals surface area contributed by atoms with Gasteiger partial charge in [-0.2, -0.15) is 0 Å². The number of halogens is 1. The van der Waals surface area contributed by atoms with E-state index < -0.39 is 15.8 Å². The number of benzene rings is 3. The lowest BCUT2D eigenvalue weighted by Crippen LogP contribution is -2.35. The van der Waals surface area contributed by atoms with Gasteiger partial charge in [0.15, 0.2) is 11.5 Å². The molecule has 7 nitrogen and oxygen atoms in total. The predicted molar refractivity (Wildman–Crippen MR) is 132 cm³/mol. The molecule has 0 unspecified atom stereocenters. The minimum absolute atomic E-state index is 0.0322. The van der Waals surface area contributed by atoms with Crippen molar-refractivity contribution < 1.29 is 27.1 Å². The zero-order valence-corrected chi connectivity index (χ0v) is 20.4. The average molecular weight is 499 g/mol. The van der Waals surface area contributed by atoms with Gasteiger partial charge in [-0.05, 0) is 92.9 Å². The number of carbonyl (C=O) groups is 1. The van der Waals surface area contributed by atoms with Crippen LogP contribution >= 0.6 is 0 Å². The van der Waals surface area contributed by atoms with Crippen LogP contribution in [0.3, 0.4) is 0 Å². The second kappa shape index (κ2) is 10.4. The number of carbonyl (C=O) groups excluding carboxylic acids is 1. The second-order valence-corrected chi connectivity index (χ2v) is 9.82. The predicted octanol–water partition coefficient (Wildman–Crippen LogP) is 5.02. The van der Waals surface area contributed by atoms with Crippen LogP contribution in [-0.2, 0) is 16.4 Å². The summed E-state index contributed by atoms with van der Waals surface area (Å²) in [7, 11) is -3.84. The largest absolute Gasteiger partial charge is 0.490 e. The molecule has 0 saturated carbocycles. The number of ether oxygens (including phenoxy) is 2. The number of aryl methyl sites for hydroxylation is 1. The van der Waals surface area contributed by atoms with Crippen LogP contribution in [-0.4, -0.2) is 34.1 Å². The van der Waals surface area contributed by atoms with E-state index in [2.05, 4.69) is 5.32 Å². The van der Waals surface area contributed by atoms with Crippen molar-refractivity contribution in [2.75, 3.05) is 29.4 Å². The zero-order chi connectivity index (χ0) is 25.0. The van der Waals surface area contributed by atoms with Gasteiger partial charge in [-0.25, -0.2) is 12.8 Å². The second-order valence-electron chi connectivity index (χ2n) is 7.96. The molecule has 0 radical (unpaired) electrons. The molecule has 0 aromatic heterocycles. The Kier molecular flexibility index (Phi) is 7.25. The van der Waals surface area contributed by atoms with Crippen molar-refractivity contribution in [2.45, 2.75) is 31.6 Å². The van der Waals surface area contributed by atoms with E-state index in [-0.39, 0.29) is 10.8 Å². The van der Waals surface area contributed by atoms with Crippen LogP contribution in [0.25, 0.3) is 0 Å². The van der Waals surface area contributed by atoms with E-state index in [9.17, 15) is 17.6 Å². The number of anilines is 2. The first-order chi connectivity index (χ1) is 16.8. The van der Waals surface area contributed by atoms with E-state index in [1.165, 1.54) is 16.4 Å². The molecule has 1 aliphatic heterocycles. The maximum absolute atomic E-state index is 13.3. The summed E-state index contributed by atoms with van der Waals surface area (Å²) in [6.45, 7) is 4.97. The molecule has 3 aromatic rings. The highest BCUT2D eigenvalue weighted by molar-refractivity contribution is 7.92. The lowest BCUT2D eigenvalue weighted by molar-refractivity contribution is 0.102. The molecule has 0 atom stereocenters. The maximum atomic E-state index is 13.3. The lowest BCUT2D eigenvalue weighted by atomic mass is 10.0. The molecule has 0 saturated heterocycles. The van der Waals surface area contributed by atoms with Gasteiger partial charge >= 0.3 is 0 Å². The van der Waals surface area contributed by atoms with E-state index in [4.69, 9.17) is 9.47 Å². The van der Waals surface area contributed by atoms with E-state index in [0.717, 1.165) is 17.7 Å². The van der Waals surface area contributed by atoms with Gasteiger partial charge in [0.1, 0.15) is 5.82 Å². The van der Waals surface area contributed by atoms with Crippen molar-refractivity contribution in [3.8, 4) is 11.5 Å². The molecule has 9 heteroatoms. The first-order valence-electron chi connectivity index (χ1n) is 11.5. The Labute approximate surface area is 204 Å². The Morgan fingerprint density at radius 1 is 0.971 bits per heavy atom. The molecule has 1 amide bonds. The van der Waals surface area contributed by atoms with Crippen molar-refractivity contribution in [1.82, 2.24) is 0 Å². The molecule has 1 heterocycles. The van der Waals surface area contributed by atoms with Crippen LogP contribution in [0, 0.1) is 5.82 Å². The Morgan fingerprint density at radius 3 is 2.40 bits per heavy atom. The molecule has 0 fully saturated rings. The summed E-state index contributed by atoms with van der Waals surface area (Å²) in [6, 6.07) is 15.0. The average Bonchev–Trinajstić information content (AvgIpc) is 2.85. The number of amides is 1. The van der Waals surface area contributed by atoms with Gasteiger partial charge in [0.2, 0.25) is 0 Å². The van der Waals surface area contributed by atoms with Gasteiger partial charge in [-0.15, -0.1) is 0 Å². The topological polar surface area (TPSA) is 84.9 Å². The normalized spacial score (nSPS) is 13.2. The Bertz CT molecular complexity index is 1330. The van der Waals surface area contributed by atoms with Crippen molar-refractivity contribution in [2.24, 2.45) is 0 Å². The first-order valence-corrected chi connectivity index (χ1v) is 12.9. The fourth-order valence-corrected chi connectivity index (χ4v) is 5.56. The summed E-state index contributed by atoms with van der Waals surface area (Å²) in [6.07, 6.45) is 1.30. The number of sulfonamides is 1. The monoisotopic (exact) mass is 498 g/mol. The molecule has 1 N–H and O–H groups in total. The number of rotatable bonds is 8. The van der Waals surface area contributed by atoms with Gasteiger partial charge in [-0.1, -0.05) is 0 Å². The molecule has 1 aliphatic rings. The van der Waals surface area contributed by atoms with E-state index in [1.807, 2.05) is 13.8 Å². The van der Waals surface area contributed by atoms with Crippen molar-refractivity contribution in [1.29, 1.82) is 0 Å². The summed E-state index contributed by atoms with van der Waals surface area (Å²) >= 11 is 0. The third kappa shape index (κ3) is 5.24. The van der Waals surface area contributed by atoms with Crippen LogP contribution in [0.4, 0.5) is 15.8 Å². The molecule has 35 heavy (non-hydrogen) atoms. The van der Waals surface area contributed by atoms with Crippen LogP contribution in [0.1, 0.15) is 36.2 Å². The van der Waals surface area contributed by atoms with Gasteiger partial charge in [0.25, 0.3) is 15.9 Å².